The Hall–Kier alpha value is -1.53. The van der Waals surface area contributed by atoms with Crippen molar-refractivity contribution in [1.29, 1.82) is 0 Å². The van der Waals surface area contributed by atoms with Crippen LogP contribution in [-0.4, -0.2) is 37.2 Å². The smallest absolute Gasteiger partial charge is 0.179 e. The van der Waals surface area contributed by atoms with Crippen molar-refractivity contribution in [1.82, 2.24) is 25.4 Å². The lowest BCUT2D eigenvalue weighted by molar-refractivity contribution is 0.159. The Morgan fingerprint density at radius 3 is 2.94 bits per heavy atom. The zero-order valence-corrected chi connectivity index (χ0v) is 11.0. The molecule has 0 saturated heterocycles. The first kappa shape index (κ1) is 12.9. The number of aromatic nitrogens is 4. The SMILES string of the molecule is CCC(C)(C)NC[C@H](O)c1ccc2nnnn2c1. The largest absolute Gasteiger partial charge is 0.387 e. The topological polar surface area (TPSA) is 75.3 Å². The van der Waals surface area contributed by atoms with E-state index < -0.39 is 6.10 Å². The predicted molar refractivity (Wildman–Crippen MR) is 68.1 cm³/mol. The molecule has 0 fully saturated rings. The first-order valence-electron chi connectivity index (χ1n) is 6.12. The highest BCUT2D eigenvalue weighted by Gasteiger charge is 2.17. The number of fused-ring (bicyclic) bond motifs is 1. The van der Waals surface area contributed by atoms with Crippen LogP contribution in [0.5, 0.6) is 0 Å². The van der Waals surface area contributed by atoms with E-state index in [-0.39, 0.29) is 5.54 Å². The van der Waals surface area contributed by atoms with E-state index in [0.717, 1.165) is 12.0 Å². The van der Waals surface area contributed by atoms with Gasteiger partial charge in [0, 0.05) is 23.8 Å². The molecule has 98 valence electrons. The molecule has 2 aromatic rings. The lowest BCUT2D eigenvalue weighted by Gasteiger charge is -2.26. The highest BCUT2D eigenvalue weighted by Crippen LogP contribution is 2.14. The molecule has 0 aliphatic rings. The van der Waals surface area contributed by atoms with Crippen molar-refractivity contribution in [2.45, 2.75) is 38.8 Å². The van der Waals surface area contributed by atoms with E-state index in [0.29, 0.717) is 12.2 Å². The van der Waals surface area contributed by atoms with Crippen molar-refractivity contribution >= 4 is 5.65 Å². The van der Waals surface area contributed by atoms with Gasteiger partial charge in [-0.05, 0) is 36.8 Å². The maximum atomic E-state index is 10.1. The van der Waals surface area contributed by atoms with Gasteiger partial charge < -0.3 is 10.4 Å². The number of aliphatic hydroxyl groups is 1. The van der Waals surface area contributed by atoms with Crippen molar-refractivity contribution in [3.63, 3.8) is 0 Å². The average molecular weight is 249 g/mol. The minimum absolute atomic E-state index is 0.0277. The molecule has 2 heterocycles. The molecule has 0 amide bonds. The Kier molecular flexibility index (Phi) is 3.58. The Balaban J connectivity index is 2.06. The molecular weight excluding hydrogens is 230 g/mol. The predicted octanol–water partition coefficient (Wildman–Crippen LogP) is 0.936. The minimum atomic E-state index is -0.565. The number of aliphatic hydroxyl groups excluding tert-OH is 1. The molecule has 0 aromatic carbocycles. The number of hydrogen-bond acceptors (Lipinski definition) is 5. The van der Waals surface area contributed by atoms with Gasteiger partial charge in [0.2, 0.25) is 0 Å². The van der Waals surface area contributed by atoms with Crippen LogP contribution < -0.4 is 5.32 Å². The van der Waals surface area contributed by atoms with Crippen LogP contribution >= 0.6 is 0 Å². The molecule has 0 radical (unpaired) electrons. The molecule has 0 bridgehead atoms. The van der Waals surface area contributed by atoms with Crippen LogP contribution in [-0.2, 0) is 0 Å². The molecule has 2 aromatic heterocycles. The van der Waals surface area contributed by atoms with Crippen molar-refractivity contribution in [3.8, 4) is 0 Å². The number of hydrogen-bond donors (Lipinski definition) is 2. The van der Waals surface area contributed by atoms with Crippen molar-refractivity contribution in [3.05, 3.63) is 23.9 Å². The lowest BCUT2D eigenvalue weighted by Crippen LogP contribution is -2.40. The van der Waals surface area contributed by atoms with Crippen LogP contribution in [0, 0.1) is 0 Å². The summed E-state index contributed by atoms with van der Waals surface area (Å²) in [5, 5.41) is 24.7. The normalized spacial score (nSPS) is 14.0. The summed E-state index contributed by atoms with van der Waals surface area (Å²) in [5.41, 5.74) is 1.50. The fraction of sp³-hybridized carbons (Fsp3) is 0.583. The molecule has 6 heteroatoms. The first-order chi connectivity index (χ1) is 8.52. The van der Waals surface area contributed by atoms with Crippen LogP contribution in [0.4, 0.5) is 0 Å². The van der Waals surface area contributed by atoms with Gasteiger partial charge in [0.1, 0.15) is 0 Å². The van der Waals surface area contributed by atoms with E-state index in [4.69, 9.17) is 0 Å². The van der Waals surface area contributed by atoms with Crippen molar-refractivity contribution in [2.75, 3.05) is 6.54 Å². The Morgan fingerprint density at radius 2 is 2.22 bits per heavy atom. The van der Waals surface area contributed by atoms with Gasteiger partial charge in [-0.2, -0.15) is 0 Å². The van der Waals surface area contributed by atoms with Crippen LogP contribution in [0.3, 0.4) is 0 Å². The Morgan fingerprint density at radius 1 is 1.44 bits per heavy atom. The first-order valence-corrected chi connectivity index (χ1v) is 6.12. The van der Waals surface area contributed by atoms with E-state index in [2.05, 4.69) is 41.6 Å². The second-order valence-electron chi connectivity index (χ2n) is 5.08. The number of tetrazole rings is 1. The van der Waals surface area contributed by atoms with Crippen molar-refractivity contribution in [2.24, 2.45) is 0 Å². The Bertz CT molecular complexity index is 522. The summed E-state index contributed by atoms with van der Waals surface area (Å²) in [6, 6.07) is 3.64. The molecule has 0 aliphatic heterocycles. The van der Waals surface area contributed by atoms with E-state index in [1.54, 1.807) is 16.8 Å². The number of β-amino-alcohol motifs (C(OH)–C–C–N with tert-alkyl or cyclic N) is 1. The highest BCUT2D eigenvalue weighted by atomic mass is 16.3. The van der Waals surface area contributed by atoms with Crippen LogP contribution in [0.2, 0.25) is 0 Å². The number of nitrogens with zero attached hydrogens (tertiary/aromatic N) is 4. The van der Waals surface area contributed by atoms with Crippen LogP contribution in [0.15, 0.2) is 18.3 Å². The van der Waals surface area contributed by atoms with E-state index >= 15 is 0 Å². The van der Waals surface area contributed by atoms with Gasteiger partial charge in [0.15, 0.2) is 5.65 Å². The summed E-state index contributed by atoms with van der Waals surface area (Å²) in [5.74, 6) is 0. The summed E-state index contributed by atoms with van der Waals surface area (Å²) in [6.07, 6.45) is 2.19. The minimum Gasteiger partial charge on any atom is -0.387 e. The molecule has 0 aliphatic carbocycles. The summed E-state index contributed by atoms with van der Waals surface area (Å²) in [6.45, 7) is 6.86. The maximum Gasteiger partial charge on any atom is 0.179 e. The molecule has 0 unspecified atom stereocenters. The molecule has 0 saturated carbocycles. The monoisotopic (exact) mass is 249 g/mol. The van der Waals surface area contributed by atoms with Gasteiger partial charge in [0.25, 0.3) is 0 Å². The van der Waals surface area contributed by atoms with Crippen molar-refractivity contribution < 1.29 is 5.11 Å². The second kappa shape index (κ2) is 4.99. The van der Waals surface area contributed by atoms with E-state index in [1.165, 1.54) is 0 Å². The molecule has 6 nitrogen and oxygen atoms in total. The third kappa shape index (κ3) is 2.83. The summed E-state index contributed by atoms with van der Waals surface area (Å²) < 4.78 is 1.56. The summed E-state index contributed by atoms with van der Waals surface area (Å²) >= 11 is 0. The zero-order valence-electron chi connectivity index (χ0n) is 11.0. The lowest BCUT2D eigenvalue weighted by atomic mass is 10.0. The molecule has 18 heavy (non-hydrogen) atoms. The quantitative estimate of drug-likeness (QED) is 0.824. The molecule has 2 N–H and O–H groups in total. The Labute approximate surface area is 106 Å². The summed E-state index contributed by atoms with van der Waals surface area (Å²) in [7, 11) is 0. The maximum absolute atomic E-state index is 10.1. The van der Waals surface area contributed by atoms with Gasteiger partial charge in [0.05, 0.1) is 6.10 Å². The standard InChI is InChI=1S/C12H19N5O/c1-4-12(2,3)13-7-10(18)9-5-6-11-14-15-16-17(11)8-9/h5-6,8,10,13,18H,4,7H2,1-3H3/t10-/m0/s1. The van der Waals surface area contributed by atoms with Gasteiger partial charge in [-0.3, -0.25) is 0 Å². The van der Waals surface area contributed by atoms with Gasteiger partial charge in [-0.25, -0.2) is 4.52 Å². The van der Waals surface area contributed by atoms with Crippen LogP contribution in [0.1, 0.15) is 38.9 Å². The van der Waals surface area contributed by atoms with Gasteiger partial charge in [-0.15, -0.1) is 5.10 Å². The van der Waals surface area contributed by atoms with E-state index in [9.17, 15) is 5.11 Å². The number of nitrogens with one attached hydrogen (secondary N) is 1. The number of rotatable bonds is 5. The highest BCUT2D eigenvalue weighted by molar-refractivity contribution is 5.36. The zero-order chi connectivity index (χ0) is 13.2. The molecule has 2 rings (SSSR count). The third-order valence-electron chi connectivity index (χ3n) is 3.26. The van der Waals surface area contributed by atoms with Gasteiger partial charge in [-0.1, -0.05) is 13.0 Å². The van der Waals surface area contributed by atoms with E-state index in [1.807, 2.05) is 6.07 Å². The van der Waals surface area contributed by atoms with Gasteiger partial charge >= 0.3 is 0 Å². The molecule has 0 spiro atoms. The molecular formula is C12H19N5O. The second-order valence-corrected chi connectivity index (χ2v) is 5.08. The average Bonchev–Trinajstić information content (AvgIpc) is 2.83. The van der Waals surface area contributed by atoms with Crippen LogP contribution in [0.25, 0.3) is 5.65 Å². The molecule has 1 atom stereocenters. The number of pyridine rings is 1. The summed E-state index contributed by atoms with van der Waals surface area (Å²) in [4.78, 5) is 0. The fourth-order valence-electron chi connectivity index (χ4n) is 1.57. The third-order valence-corrected chi connectivity index (χ3v) is 3.26. The fourth-order valence-corrected chi connectivity index (χ4v) is 1.57.